The number of aliphatic hydroxyl groups is 1. The number of nitrogens with one attached hydrogen (secondary N) is 1. The van der Waals surface area contributed by atoms with Crippen molar-refractivity contribution < 1.29 is 23.4 Å². The molecule has 1 atom stereocenters. The molecule has 0 saturated heterocycles. The van der Waals surface area contributed by atoms with Crippen molar-refractivity contribution in [2.45, 2.75) is 32.3 Å². The van der Waals surface area contributed by atoms with Crippen LogP contribution in [0.2, 0.25) is 0 Å². The second-order valence-corrected chi connectivity index (χ2v) is 4.19. The summed E-state index contributed by atoms with van der Waals surface area (Å²) in [6.07, 6.45) is -0.631. The van der Waals surface area contributed by atoms with E-state index >= 15 is 0 Å². The Morgan fingerprint density at radius 3 is 2.80 bits per heavy atom. The van der Waals surface area contributed by atoms with Gasteiger partial charge in [0.15, 0.2) is 6.61 Å². The van der Waals surface area contributed by atoms with E-state index in [-0.39, 0.29) is 11.8 Å². The Bertz CT molecular complexity index is 413. The fraction of sp³-hybridized carbons (Fsp3) is 0.538. The van der Waals surface area contributed by atoms with E-state index in [4.69, 9.17) is 4.74 Å². The summed E-state index contributed by atoms with van der Waals surface area (Å²) in [5.41, 5.74) is 0.306. The molecule has 7 heteroatoms. The van der Waals surface area contributed by atoms with Crippen molar-refractivity contribution in [3.63, 3.8) is 0 Å². The molecule has 0 aliphatic rings. The van der Waals surface area contributed by atoms with Gasteiger partial charge < -0.3 is 15.2 Å². The largest absolute Gasteiger partial charge is 0.472 e. The van der Waals surface area contributed by atoms with Crippen molar-refractivity contribution >= 4 is 5.91 Å². The first-order valence-electron chi connectivity index (χ1n) is 6.36. The lowest BCUT2D eigenvalue weighted by Crippen LogP contribution is -2.27. The lowest BCUT2D eigenvalue weighted by atomic mass is 10.2. The molecule has 20 heavy (non-hydrogen) atoms. The van der Waals surface area contributed by atoms with Gasteiger partial charge in [-0.1, -0.05) is 6.92 Å². The van der Waals surface area contributed by atoms with Crippen LogP contribution in [0.3, 0.4) is 0 Å². The average Bonchev–Trinajstić information content (AvgIpc) is 2.45. The van der Waals surface area contributed by atoms with Crippen LogP contribution in [0.5, 0.6) is 5.88 Å². The van der Waals surface area contributed by atoms with Crippen molar-refractivity contribution in [2.75, 3.05) is 13.2 Å². The van der Waals surface area contributed by atoms with Gasteiger partial charge in [0, 0.05) is 18.8 Å². The first kappa shape index (κ1) is 16.3. The molecule has 1 aromatic heterocycles. The molecule has 1 aromatic rings. The van der Waals surface area contributed by atoms with Crippen molar-refractivity contribution in [1.29, 1.82) is 0 Å². The predicted octanol–water partition coefficient (Wildman–Crippen LogP) is 1.62. The van der Waals surface area contributed by atoms with Gasteiger partial charge in [-0.05, 0) is 18.9 Å². The molecule has 0 aromatic carbocycles. The molecule has 2 N–H and O–H groups in total. The fourth-order valence-electron chi connectivity index (χ4n) is 1.41. The van der Waals surface area contributed by atoms with Crippen LogP contribution in [0.4, 0.5) is 8.78 Å². The van der Waals surface area contributed by atoms with E-state index < -0.39 is 19.1 Å². The molecule has 1 unspecified atom stereocenters. The van der Waals surface area contributed by atoms with Crippen LogP contribution >= 0.6 is 0 Å². The number of halogens is 2. The summed E-state index contributed by atoms with van der Waals surface area (Å²) in [6.45, 7) is 1.49. The highest BCUT2D eigenvalue weighted by Crippen LogP contribution is 2.09. The summed E-state index contributed by atoms with van der Waals surface area (Å²) in [7, 11) is 0. The summed E-state index contributed by atoms with van der Waals surface area (Å²) in [4.78, 5) is 15.5. The molecule has 0 spiro atoms. The minimum absolute atomic E-state index is 0.0447. The van der Waals surface area contributed by atoms with Gasteiger partial charge in [0.25, 0.3) is 12.3 Å². The molecule has 1 amide bonds. The number of amides is 1. The Morgan fingerprint density at radius 2 is 2.25 bits per heavy atom. The Hall–Kier alpha value is -1.76. The van der Waals surface area contributed by atoms with Crippen molar-refractivity contribution in [3.05, 3.63) is 23.9 Å². The number of rotatable bonds is 8. The second-order valence-electron chi connectivity index (χ2n) is 4.19. The number of hydrogen-bond donors (Lipinski definition) is 2. The molecule has 0 saturated carbocycles. The van der Waals surface area contributed by atoms with Gasteiger partial charge in [-0.3, -0.25) is 4.79 Å². The summed E-state index contributed by atoms with van der Waals surface area (Å²) < 4.78 is 28.6. The van der Waals surface area contributed by atoms with Crippen LogP contribution in [-0.2, 0) is 0 Å². The smallest absolute Gasteiger partial charge is 0.272 e. The van der Waals surface area contributed by atoms with E-state index in [0.29, 0.717) is 24.9 Å². The molecule has 5 nitrogen and oxygen atoms in total. The highest BCUT2D eigenvalue weighted by atomic mass is 19.3. The van der Waals surface area contributed by atoms with Crippen molar-refractivity contribution in [2.24, 2.45) is 0 Å². The molecule has 0 fully saturated rings. The van der Waals surface area contributed by atoms with E-state index in [0.717, 1.165) is 0 Å². The standard InChI is InChI=1S/C13H18F2N2O3/c1-2-10(18)5-6-16-13(19)9-3-4-12(17-7-9)20-8-11(14)15/h3-4,7,10-11,18H,2,5-6,8H2,1H3,(H,16,19). The average molecular weight is 288 g/mol. The monoisotopic (exact) mass is 288 g/mol. The van der Waals surface area contributed by atoms with E-state index in [1.54, 1.807) is 0 Å². The Morgan fingerprint density at radius 1 is 1.50 bits per heavy atom. The third kappa shape index (κ3) is 5.92. The molecule has 1 heterocycles. The topological polar surface area (TPSA) is 71.5 Å². The highest BCUT2D eigenvalue weighted by Gasteiger charge is 2.08. The molecule has 0 radical (unpaired) electrons. The maximum atomic E-state index is 11.9. The number of carbonyl (C=O) groups is 1. The second kappa shape index (κ2) is 8.42. The van der Waals surface area contributed by atoms with E-state index in [2.05, 4.69) is 10.3 Å². The molecule has 112 valence electrons. The number of hydrogen-bond acceptors (Lipinski definition) is 4. The maximum Gasteiger partial charge on any atom is 0.272 e. The Balaban J connectivity index is 2.41. The number of alkyl halides is 2. The minimum Gasteiger partial charge on any atom is -0.472 e. The zero-order valence-corrected chi connectivity index (χ0v) is 11.2. The first-order chi connectivity index (χ1) is 9.52. The first-order valence-corrected chi connectivity index (χ1v) is 6.36. The van der Waals surface area contributed by atoms with E-state index in [9.17, 15) is 18.7 Å². The van der Waals surface area contributed by atoms with Crippen molar-refractivity contribution in [3.8, 4) is 5.88 Å². The Labute approximate surface area is 116 Å². The molecule has 0 bridgehead atoms. The van der Waals surface area contributed by atoms with E-state index in [1.165, 1.54) is 18.3 Å². The zero-order chi connectivity index (χ0) is 15.0. The van der Waals surface area contributed by atoms with Crippen LogP contribution in [-0.4, -0.2) is 41.7 Å². The van der Waals surface area contributed by atoms with Gasteiger partial charge in [0.1, 0.15) is 0 Å². The number of nitrogens with zero attached hydrogens (tertiary/aromatic N) is 1. The molecule has 0 aliphatic heterocycles. The fourth-order valence-corrected chi connectivity index (χ4v) is 1.41. The van der Waals surface area contributed by atoms with E-state index in [1.807, 2.05) is 6.92 Å². The lowest BCUT2D eigenvalue weighted by Gasteiger charge is -2.09. The van der Waals surface area contributed by atoms with Gasteiger partial charge in [-0.25, -0.2) is 13.8 Å². The summed E-state index contributed by atoms with van der Waals surface area (Å²) in [6, 6.07) is 2.80. The molecule has 1 rings (SSSR count). The SMILES string of the molecule is CCC(O)CCNC(=O)c1ccc(OCC(F)F)nc1. The highest BCUT2D eigenvalue weighted by molar-refractivity contribution is 5.93. The molecular weight excluding hydrogens is 270 g/mol. The lowest BCUT2D eigenvalue weighted by molar-refractivity contribution is 0.0794. The number of ether oxygens (including phenoxy) is 1. The number of aliphatic hydroxyl groups excluding tert-OH is 1. The van der Waals surface area contributed by atoms with Gasteiger partial charge in [0.2, 0.25) is 5.88 Å². The third-order valence-corrected chi connectivity index (χ3v) is 2.59. The third-order valence-electron chi connectivity index (χ3n) is 2.59. The van der Waals surface area contributed by atoms with Gasteiger partial charge >= 0.3 is 0 Å². The van der Waals surface area contributed by atoms with Crippen molar-refractivity contribution in [1.82, 2.24) is 10.3 Å². The zero-order valence-electron chi connectivity index (χ0n) is 11.2. The normalized spacial score (nSPS) is 12.2. The van der Waals surface area contributed by atoms with Crippen LogP contribution in [0.15, 0.2) is 18.3 Å². The summed E-state index contributed by atoms with van der Waals surface area (Å²) in [5.74, 6) is -0.288. The number of aromatic nitrogens is 1. The molecular formula is C13H18F2N2O3. The minimum atomic E-state index is -2.57. The number of carbonyl (C=O) groups excluding carboxylic acids is 1. The van der Waals surface area contributed by atoms with Crippen LogP contribution in [0, 0.1) is 0 Å². The number of pyridine rings is 1. The maximum absolute atomic E-state index is 11.9. The molecule has 0 aliphatic carbocycles. The Kier molecular flexibility index (Phi) is 6.86. The van der Waals surface area contributed by atoms with Gasteiger partial charge in [0.05, 0.1) is 11.7 Å². The van der Waals surface area contributed by atoms with Crippen LogP contribution < -0.4 is 10.1 Å². The van der Waals surface area contributed by atoms with Crippen LogP contribution in [0.25, 0.3) is 0 Å². The van der Waals surface area contributed by atoms with Gasteiger partial charge in [-0.15, -0.1) is 0 Å². The quantitative estimate of drug-likeness (QED) is 0.762. The van der Waals surface area contributed by atoms with Crippen LogP contribution in [0.1, 0.15) is 30.1 Å². The summed E-state index contributed by atoms with van der Waals surface area (Å²) >= 11 is 0. The predicted molar refractivity (Wildman–Crippen MR) is 69.0 cm³/mol. The summed E-state index contributed by atoms with van der Waals surface area (Å²) in [5, 5.41) is 12.0. The van der Waals surface area contributed by atoms with Gasteiger partial charge in [-0.2, -0.15) is 0 Å².